The normalized spacial score (nSPS) is 12.6. The van der Waals surface area contributed by atoms with Crippen molar-refractivity contribution in [2.75, 3.05) is 11.4 Å². The molecule has 0 saturated heterocycles. The molecule has 0 unspecified atom stereocenters. The summed E-state index contributed by atoms with van der Waals surface area (Å²) in [4.78, 5) is 25.7. The molecule has 25 heavy (non-hydrogen) atoms. The Morgan fingerprint density at radius 2 is 1.72 bits per heavy atom. The van der Waals surface area contributed by atoms with Crippen LogP contribution in [-0.4, -0.2) is 18.5 Å². The molecule has 0 radical (unpaired) electrons. The number of nitrogens with one attached hydrogen (secondary N) is 2. The van der Waals surface area contributed by atoms with Gasteiger partial charge in [0, 0.05) is 31.7 Å². The Morgan fingerprint density at radius 3 is 2.44 bits per heavy atom. The number of hydrogen-bond acceptors (Lipinski definition) is 2. The Hall–Kier alpha value is -2.82. The average molecular weight is 337 g/mol. The van der Waals surface area contributed by atoms with Crippen molar-refractivity contribution in [3.63, 3.8) is 0 Å². The van der Waals surface area contributed by atoms with Crippen LogP contribution in [0.15, 0.2) is 48.5 Å². The maximum atomic E-state index is 11.9. The molecule has 0 aliphatic carbocycles. The summed E-state index contributed by atoms with van der Waals surface area (Å²) in [5.41, 5.74) is 4.28. The zero-order valence-corrected chi connectivity index (χ0v) is 14.4. The fourth-order valence-corrected chi connectivity index (χ4v) is 3.04. The zero-order chi connectivity index (χ0) is 17.6. The highest BCUT2D eigenvalue weighted by Gasteiger charge is 2.23. The van der Waals surface area contributed by atoms with Crippen molar-refractivity contribution in [3.8, 4) is 0 Å². The van der Waals surface area contributed by atoms with Gasteiger partial charge in [-0.25, -0.2) is 4.79 Å². The van der Waals surface area contributed by atoms with Crippen molar-refractivity contribution in [2.24, 2.45) is 0 Å². The minimum atomic E-state index is -0.188. The third kappa shape index (κ3) is 4.18. The second-order valence-corrected chi connectivity index (χ2v) is 6.13. The molecule has 0 spiro atoms. The quantitative estimate of drug-likeness (QED) is 0.881. The fourth-order valence-electron chi connectivity index (χ4n) is 3.04. The van der Waals surface area contributed by atoms with E-state index < -0.39 is 0 Å². The van der Waals surface area contributed by atoms with Gasteiger partial charge in [0.25, 0.3) is 0 Å². The predicted octanol–water partition coefficient (Wildman–Crippen LogP) is 2.99. The van der Waals surface area contributed by atoms with E-state index in [0.29, 0.717) is 19.5 Å². The lowest BCUT2D eigenvalue weighted by atomic mass is 10.1. The molecule has 0 aromatic heterocycles. The lowest BCUT2D eigenvalue weighted by molar-refractivity contribution is -0.118. The number of urea groups is 1. The molecule has 1 heterocycles. The first kappa shape index (κ1) is 17.0. The van der Waals surface area contributed by atoms with E-state index in [-0.39, 0.29) is 11.9 Å². The van der Waals surface area contributed by atoms with Gasteiger partial charge in [-0.1, -0.05) is 49.4 Å². The molecule has 2 aromatic rings. The summed E-state index contributed by atoms with van der Waals surface area (Å²) in [6, 6.07) is 15.6. The van der Waals surface area contributed by atoms with Gasteiger partial charge < -0.3 is 15.5 Å². The number of nitrogens with zero attached hydrogens (tertiary/aromatic N) is 1. The summed E-state index contributed by atoms with van der Waals surface area (Å²) in [7, 11) is 0. The van der Waals surface area contributed by atoms with Crippen LogP contribution in [0.3, 0.4) is 0 Å². The van der Waals surface area contributed by atoms with Crippen LogP contribution in [0, 0.1) is 0 Å². The van der Waals surface area contributed by atoms with Crippen LogP contribution in [0.25, 0.3) is 0 Å². The summed E-state index contributed by atoms with van der Waals surface area (Å²) in [6.07, 6.45) is 1.39. The molecule has 130 valence electrons. The SMILES string of the molecule is CCC(=O)N1CCc2cc(CNC(=O)NCc3ccccc3)ccc21. The standard InChI is InChI=1S/C20H23N3O2/c1-2-19(24)23-11-10-17-12-16(8-9-18(17)23)14-22-20(25)21-13-15-6-4-3-5-7-15/h3-9,12H,2,10-11,13-14H2,1H3,(H2,21,22,25). The predicted molar refractivity (Wildman–Crippen MR) is 98.3 cm³/mol. The highest BCUT2D eigenvalue weighted by Crippen LogP contribution is 2.29. The number of carbonyl (C=O) groups excluding carboxylic acids is 2. The summed E-state index contributed by atoms with van der Waals surface area (Å²) < 4.78 is 0. The molecular formula is C20H23N3O2. The van der Waals surface area contributed by atoms with E-state index in [1.165, 1.54) is 5.56 Å². The van der Waals surface area contributed by atoms with E-state index in [4.69, 9.17) is 0 Å². The number of benzene rings is 2. The molecule has 1 aliphatic rings. The third-order valence-corrected chi connectivity index (χ3v) is 4.39. The maximum Gasteiger partial charge on any atom is 0.315 e. The van der Waals surface area contributed by atoms with E-state index in [1.54, 1.807) is 0 Å². The van der Waals surface area contributed by atoms with Crippen LogP contribution in [0.1, 0.15) is 30.0 Å². The first-order chi connectivity index (χ1) is 12.2. The molecule has 0 saturated carbocycles. The average Bonchev–Trinajstić information content (AvgIpc) is 3.08. The third-order valence-electron chi connectivity index (χ3n) is 4.39. The number of carbonyl (C=O) groups is 2. The summed E-state index contributed by atoms with van der Waals surface area (Å²) in [6.45, 7) is 3.60. The van der Waals surface area contributed by atoms with E-state index in [9.17, 15) is 9.59 Å². The van der Waals surface area contributed by atoms with Crippen molar-refractivity contribution in [1.82, 2.24) is 10.6 Å². The Kier molecular flexibility index (Phi) is 5.33. The summed E-state index contributed by atoms with van der Waals surface area (Å²) in [5, 5.41) is 5.72. The molecule has 5 nitrogen and oxygen atoms in total. The second kappa shape index (κ2) is 7.83. The van der Waals surface area contributed by atoms with Gasteiger partial charge in [-0.3, -0.25) is 4.79 Å². The minimum absolute atomic E-state index is 0.157. The molecule has 0 atom stereocenters. The van der Waals surface area contributed by atoms with E-state index in [1.807, 2.05) is 54.3 Å². The maximum absolute atomic E-state index is 11.9. The van der Waals surface area contributed by atoms with E-state index >= 15 is 0 Å². The van der Waals surface area contributed by atoms with Gasteiger partial charge in [0.2, 0.25) is 5.91 Å². The first-order valence-corrected chi connectivity index (χ1v) is 8.65. The van der Waals surface area contributed by atoms with Crippen molar-refractivity contribution in [2.45, 2.75) is 32.9 Å². The van der Waals surface area contributed by atoms with Crippen LogP contribution in [-0.2, 0) is 24.3 Å². The van der Waals surface area contributed by atoms with E-state index in [0.717, 1.165) is 29.8 Å². The molecule has 0 bridgehead atoms. The lowest BCUT2D eigenvalue weighted by Crippen LogP contribution is -2.34. The van der Waals surface area contributed by atoms with Crippen LogP contribution in [0.4, 0.5) is 10.5 Å². The van der Waals surface area contributed by atoms with Gasteiger partial charge in [-0.15, -0.1) is 0 Å². The molecule has 3 amide bonds. The second-order valence-electron chi connectivity index (χ2n) is 6.13. The van der Waals surface area contributed by atoms with Crippen molar-refractivity contribution < 1.29 is 9.59 Å². The van der Waals surface area contributed by atoms with Crippen molar-refractivity contribution in [3.05, 3.63) is 65.2 Å². The van der Waals surface area contributed by atoms with Gasteiger partial charge in [-0.05, 0) is 29.2 Å². The highest BCUT2D eigenvalue weighted by molar-refractivity contribution is 5.95. The first-order valence-electron chi connectivity index (χ1n) is 8.65. The zero-order valence-electron chi connectivity index (χ0n) is 14.4. The summed E-state index contributed by atoms with van der Waals surface area (Å²) in [5.74, 6) is 0.157. The van der Waals surface area contributed by atoms with Gasteiger partial charge in [0.15, 0.2) is 0 Å². The lowest BCUT2D eigenvalue weighted by Gasteiger charge is -2.16. The monoisotopic (exact) mass is 337 g/mol. The molecule has 0 fully saturated rings. The van der Waals surface area contributed by atoms with Gasteiger partial charge >= 0.3 is 6.03 Å². The Morgan fingerprint density at radius 1 is 1.00 bits per heavy atom. The Balaban J connectivity index is 1.52. The summed E-state index contributed by atoms with van der Waals surface area (Å²) >= 11 is 0. The van der Waals surface area contributed by atoms with E-state index in [2.05, 4.69) is 16.7 Å². The van der Waals surface area contributed by atoms with Gasteiger partial charge in [0.05, 0.1) is 0 Å². The number of fused-ring (bicyclic) bond motifs is 1. The molecule has 2 aromatic carbocycles. The smallest absolute Gasteiger partial charge is 0.315 e. The molecule has 3 rings (SSSR count). The number of anilines is 1. The van der Waals surface area contributed by atoms with Gasteiger partial charge in [-0.2, -0.15) is 0 Å². The molecule has 5 heteroatoms. The molecular weight excluding hydrogens is 314 g/mol. The van der Waals surface area contributed by atoms with Crippen molar-refractivity contribution >= 4 is 17.6 Å². The highest BCUT2D eigenvalue weighted by atomic mass is 16.2. The van der Waals surface area contributed by atoms with Crippen LogP contribution in [0.5, 0.6) is 0 Å². The Labute approximate surface area is 148 Å². The van der Waals surface area contributed by atoms with Crippen LogP contribution < -0.4 is 15.5 Å². The number of rotatable bonds is 5. The van der Waals surface area contributed by atoms with Crippen LogP contribution in [0.2, 0.25) is 0 Å². The molecule has 2 N–H and O–H groups in total. The van der Waals surface area contributed by atoms with Gasteiger partial charge in [0.1, 0.15) is 0 Å². The Bertz CT molecular complexity index is 759. The van der Waals surface area contributed by atoms with Crippen LogP contribution >= 0.6 is 0 Å². The minimum Gasteiger partial charge on any atom is -0.334 e. The molecule has 1 aliphatic heterocycles. The van der Waals surface area contributed by atoms with Crippen molar-refractivity contribution in [1.29, 1.82) is 0 Å². The number of hydrogen-bond donors (Lipinski definition) is 2. The topological polar surface area (TPSA) is 61.4 Å². The largest absolute Gasteiger partial charge is 0.334 e. The number of amides is 3. The fraction of sp³-hybridized carbons (Fsp3) is 0.300.